The van der Waals surface area contributed by atoms with Gasteiger partial charge < -0.3 is 4.74 Å². The first-order valence-corrected chi connectivity index (χ1v) is 8.03. The minimum Gasteiger partial charge on any atom is -0.386 e. The largest absolute Gasteiger partial charge is 0.386 e. The van der Waals surface area contributed by atoms with E-state index >= 15 is 0 Å². The van der Waals surface area contributed by atoms with Gasteiger partial charge in [-0.15, -0.1) is 0 Å². The molecule has 120 valence electrons. The number of esters is 2. The molecule has 2 rings (SSSR count). The Balaban J connectivity index is 2.29. The van der Waals surface area contributed by atoms with Crippen molar-refractivity contribution in [1.29, 1.82) is 0 Å². The van der Waals surface area contributed by atoms with Crippen molar-refractivity contribution < 1.29 is 14.3 Å². The van der Waals surface area contributed by atoms with Crippen LogP contribution >= 0.6 is 69.6 Å². The van der Waals surface area contributed by atoms with Crippen molar-refractivity contribution in [3.63, 3.8) is 0 Å². The zero-order chi connectivity index (χ0) is 17.3. The second-order valence-electron chi connectivity index (χ2n) is 4.17. The van der Waals surface area contributed by atoms with Gasteiger partial charge in [0.25, 0.3) is 0 Å². The molecule has 0 bridgehead atoms. The van der Waals surface area contributed by atoms with Crippen LogP contribution in [-0.2, 0) is 4.74 Å². The van der Waals surface area contributed by atoms with E-state index < -0.39 is 11.9 Å². The average molecular weight is 433 g/mol. The molecule has 3 nitrogen and oxygen atoms in total. The number of carbonyl (C=O) groups is 2. The number of hydrogen-bond donors (Lipinski definition) is 0. The highest BCUT2D eigenvalue weighted by atomic mass is 35.5. The molecule has 2 aromatic rings. The third kappa shape index (κ3) is 4.24. The van der Waals surface area contributed by atoms with Crippen LogP contribution in [0.4, 0.5) is 0 Å². The summed E-state index contributed by atoms with van der Waals surface area (Å²) in [7, 11) is 0. The molecular formula is C14H4Cl6O3. The standard InChI is InChI=1S/C14H4Cl6O3/c15-7-3-11(19)9(17)1-5(7)13(21)23-14(22)6-2-10(18)12(20)4-8(6)16/h1-4H. The lowest BCUT2D eigenvalue weighted by Gasteiger charge is -2.08. The average Bonchev–Trinajstić information content (AvgIpc) is 2.46. The van der Waals surface area contributed by atoms with Gasteiger partial charge in [0.1, 0.15) is 0 Å². The molecule has 0 aromatic heterocycles. The number of benzene rings is 2. The molecule has 0 amide bonds. The highest BCUT2D eigenvalue weighted by Crippen LogP contribution is 2.31. The molecule has 23 heavy (non-hydrogen) atoms. The molecule has 0 saturated carbocycles. The maximum absolute atomic E-state index is 12.0. The molecule has 2 aromatic carbocycles. The molecule has 9 heteroatoms. The highest BCUT2D eigenvalue weighted by Gasteiger charge is 2.21. The van der Waals surface area contributed by atoms with Gasteiger partial charge in [0.15, 0.2) is 0 Å². The summed E-state index contributed by atoms with van der Waals surface area (Å²) in [4.78, 5) is 24.1. The highest BCUT2D eigenvalue weighted by molar-refractivity contribution is 6.45. The molecule has 0 unspecified atom stereocenters. The predicted octanol–water partition coefficient (Wildman–Crippen LogP) is 6.60. The van der Waals surface area contributed by atoms with Gasteiger partial charge >= 0.3 is 11.9 Å². The molecule has 0 aliphatic heterocycles. The monoisotopic (exact) mass is 430 g/mol. The first-order chi connectivity index (χ1) is 10.7. The Bertz CT molecular complexity index is 751. The van der Waals surface area contributed by atoms with E-state index in [1.807, 2.05) is 0 Å². The maximum atomic E-state index is 12.0. The van der Waals surface area contributed by atoms with E-state index in [4.69, 9.17) is 74.3 Å². The lowest BCUT2D eigenvalue weighted by Crippen LogP contribution is -2.14. The number of rotatable bonds is 2. The molecule has 0 heterocycles. The summed E-state index contributed by atoms with van der Waals surface area (Å²) in [6.07, 6.45) is 0. The molecule has 0 N–H and O–H groups in total. The van der Waals surface area contributed by atoms with Gasteiger partial charge in [-0.3, -0.25) is 0 Å². The van der Waals surface area contributed by atoms with Gasteiger partial charge in [-0.25, -0.2) is 9.59 Å². The Morgan fingerprint density at radius 2 is 0.870 bits per heavy atom. The van der Waals surface area contributed by atoms with Crippen molar-refractivity contribution in [2.24, 2.45) is 0 Å². The van der Waals surface area contributed by atoms with Crippen molar-refractivity contribution >= 4 is 81.5 Å². The van der Waals surface area contributed by atoms with Crippen LogP contribution in [0.15, 0.2) is 24.3 Å². The summed E-state index contributed by atoms with van der Waals surface area (Å²) in [6, 6.07) is 4.91. The molecule has 0 radical (unpaired) electrons. The third-order valence-corrected chi connectivity index (χ3v) is 4.71. The van der Waals surface area contributed by atoms with Crippen LogP contribution in [-0.4, -0.2) is 11.9 Å². The van der Waals surface area contributed by atoms with Gasteiger partial charge in [0.05, 0.1) is 41.3 Å². The van der Waals surface area contributed by atoms with Crippen LogP contribution in [0, 0.1) is 0 Å². The number of ether oxygens (including phenoxy) is 1. The maximum Gasteiger partial charge on any atom is 0.347 e. The first kappa shape index (κ1) is 18.7. The summed E-state index contributed by atoms with van der Waals surface area (Å²) in [5, 5.41) is 0.458. The Morgan fingerprint density at radius 3 is 1.22 bits per heavy atom. The normalized spacial score (nSPS) is 10.5. The van der Waals surface area contributed by atoms with Gasteiger partial charge in [-0.2, -0.15) is 0 Å². The second kappa shape index (κ2) is 7.47. The predicted molar refractivity (Wildman–Crippen MR) is 92.7 cm³/mol. The van der Waals surface area contributed by atoms with E-state index in [1.54, 1.807) is 0 Å². The van der Waals surface area contributed by atoms with E-state index in [-0.39, 0.29) is 41.3 Å². The van der Waals surface area contributed by atoms with E-state index in [1.165, 1.54) is 24.3 Å². The number of hydrogen-bond acceptors (Lipinski definition) is 3. The van der Waals surface area contributed by atoms with Crippen LogP contribution in [0.2, 0.25) is 30.1 Å². The van der Waals surface area contributed by atoms with E-state index in [0.717, 1.165) is 0 Å². The molecule has 0 atom stereocenters. The van der Waals surface area contributed by atoms with Crippen molar-refractivity contribution in [3.05, 3.63) is 65.5 Å². The second-order valence-corrected chi connectivity index (χ2v) is 6.61. The number of carbonyl (C=O) groups excluding carboxylic acids is 2. The smallest absolute Gasteiger partial charge is 0.347 e. The van der Waals surface area contributed by atoms with Crippen molar-refractivity contribution in [2.75, 3.05) is 0 Å². The lowest BCUT2D eigenvalue weighted by atomic mass is 10.2. The molecular weight excluding hydrogens is 429 g/mol. The van der Waals surface area contributed by atoms with Crippen molar-refractivity contribution in [2.45, 2.75) is 0 Å². The van der Waals surface area contributed by atoms with Crippen LogP contribution in [0.5, 0.6) is 0 Å². The fraction of sp³-hybridized carbons (Fsp3) is 0. The minimum atomic E-state index is -1.01. The Hall–Kier alpha value is -0.680. The first-order valence-electron chi connectivity index (χ1n) is 5.76. The Labute approximate surface area is 160 Å². The Morgan fingerprint density at radius 1 is 0.565 bits per heavy atom. The minimum absolute atomic E-state index is 0.0163. The fourth-order valence-electron chi connectivity index (χ4n) is 1.55. The fourth-order valence-corrected chi connectivity index (χ4v) is 2.80. The van der Waals surface area contributed by atoms with E-state index in [2.05, 4.69) is 0 Å². The quantitative estimate of drug-likeness (QED) is 0.305. The van der Waals surface area contributed by atoms with Crippen molar-refractivity contribution in [1.82, 2.24) is 0 Å². The molecule has 0 spiro atoms. The molecule has 0 aliphatic carbocycles. The molecule has 0 aliphatic rings. The third-order valence-electron chi connectivity index (χ3n) is 2.65. The summed E-state index contributed by atoms with van der Waals surface area (Å²) < 4.78 is 4.72. The number of halogens is 6. The SMILES string of the molecule is O=C(OC(=O)c1cc(Cl)c(Cl)cc1Cl)c1cc(Cl)c(Cl)cc1Cl. The van der Waals surface area contributed by atoms with Crippen LogP contribution in [0.1, 0.15) is 20.7 Å². The van der Waals surface area contributed by atoms with Gasteiger partial charge in [-0.05, 0) is 24.3 Å². The zero-order valence-electron chi connectivity index (χ0n) is 10.8. The van der Waals surface area contributed by atoms with Crippen LogP contribution < -0.4 is 0 Å². The van der Waals surface area contributed by atoms with E-state index in [9.17, 15) is 9.59 Å². The summed E-state index contributed by atoms with van der Waals surface area (Å²) >= 11 is 34.9. The van der Waals surface area contributed by atoms with Crippen LogP contribution in [0.3, 0.4) is 0 Å². The summed E-state index contributed by atoms with van der Waals surface area (Å²) in [5.74, 6) is -2.03. The molecule has 0 fully saturated rings. The summed E-state index contributed by atoms with van der Waals surface area (Å²) in [6.45, 7) is 0. The Kier molecular flexibility index (Phi) is 6.06. The lowest BCUT2D eigenvalue weighted by molar-refractivity contribution is 0.0398. The van der Waals surface area contributed by atoms with E-state index in [0.29, 0.717) is 0 Å². The zero-order valence-corrected chi connectivity index (χ0v) is 15.3. The topological polar surface area (TPSA) is 43.4 Å². The van der Waals surface area contributed by atoms with Crippen LogP contribution in [0.25, 0.3) is 0 Å². The van der Waals surface area contributed by atoms with Gasteiger partial charge in [0, 0.05) is 0 Å². The molecule has 0 saturated heterocycles. The van der Waals surface area contributed by atoms with Crippen molar-refractivity contribution in [3.8, 4) is 0 Å². The van der Waals surface area contributed by atoms with Gasteiger partial charge in [-0.1, -0.05) is 69.6 Å². The van der Waals surface area contributed by atoms with Gasteiger partial charge in [0.2, 0.25) is 0 Å². The summed E-state index contributed by atoms with van der Waals surface area (Å²) in [5.41, 5.74) is -0.240.